The Bertz CT molecular complexity index is 722. The van der Waals surface area contributed by atoms with Crippen LogP contribution in [0.3, 0.4) is 0 Å². The van der Waals surface area contributed by atoms with Crippen molar-refractivity contribution in [1.29, 1.82) is 0 Å². The Kier molecular flexibility index (Phi) is 6.50. The highest BCUT2D eigenvalue weighted by Gasteiger charge is 2.00. The lowest BCUT2D eigenvalue weighted by molar-refractivity contribution is 0.624. The van der Waals surface area contributed by atoms with Gasteiger partial charge in [-0.15, -0.1) is 0 Å². The zero-order valence-corrected chi connectivity index (χ0v) is 13.6. The fraction of sp³-hybridized carbons (Fsp3) is 0.300. The normalized spacial score (nSPS) is 10.6. The average molecular weight is 308 g/mol. The molecule has 0 unspecified atom stereocenters. The SMILES string of the molecule is CC/C=C/c1ccc(C#Cc2cnc(CCCC)nc2)c(F)c1. The second-order valence-electron chi connectivity index (χ2n) is 5.29. The number of hydrogen-bond donors (Lipinski definition) is 0. The predicted molar refractivity (Wildman–Crippen MR) is 92.3 cm³/mol. The van der Waals surface area contributed by atoms with Gasteiger partial charge in [0.1, 0.15) is 11.6 Å². The third-order valence-corrected chi connectivity index (χ3v) is 3.34. The summed E-state index contributed by atoms with van der Waals surface area (Å²) in [6.07, 6.45) is 11.3. The Balaban J connectivity index is 2.10. The third-order valence-electron chi connectivity index (χ3n) is 3.34. The van der Waals surface area contributed by atoms with E-state index in [2.05, 4.69) is 28.7 Å². The molecule has 0 N–H and O–H groups in total. The van der Waals surface area contributed by atoms with Crippen LogP contribution < -0.4 is 0 Å². The number of allylic oxidation sites excluding steroid dienone is 1. The summed E-state index contributed by atoms with van der Waals surface area (Å²) in [5.74, 6) is 6.28. The van der Waals surface area contributed by atoms with Crippen molar-refractivity contribution in [2.75, 3.05) is 0 Å². The Morgan fingerprint density at radius 2 is 1.91 bits per heavy atom. The van der Waals surface area contributed by atoms with Crippen LogP contribution in [-0.4, -0.2) is 9.97 Å². The number of benzene rings is 1. The van der Waals surface area contributed by atoms with Crippen molar-refractivity contribution in [1.82, 2.24) is 9.97 Å². The Morgan fingerprint density at radius 1 is 1.13 bits per heavy atom. The molecule has 3 heteroatoms. The van der Waals surface area contributed by atoms with Gasteiger partial charge in [0.05, 0.1) is 11.1 Å². The first-order valence-corrected chi connectivity index (χ1v) is 8.02. The number of unbranched alkanes of at least 4 members (excludes halogenated alkanes) is 1. The molecule has 0 spiro atoms. The van der Waals surface area contributed by atoms with E-state index >= 15 is 0 Å². The number of nitrogens with zero attached hydrogens (tertiary/aromatic N) is 2. The molecule has 0 radical (unpaired) electrons. The zero-order valence-electron chi connectivity index (χ0n) is 13.6. The summed E-state index contributed by atoms with van der Waals surface area (Å²) < 4.78 is 14.0. The van der Waals surface area contributed by atoms with Gasteiger partial charge in [0, 0.05) is 18.8 Å². The van der Waals surface area contributed by atoms with Gasteiger partial charge in [0.15, 0.2) is 0 Å². The summed E-state index contributed by atoms with van der Waals surface area (Å²) in [6.45, 7) is 4.18. The standard InChI is InChI=1S/C20H21FN2/c1-3-5-7-16-9-11-18(19(21)13-16)12-10-17-14-22-20(23-15-17)8-6-4-2/h5,7,9,11,13-15H,3-4,6,8H2,1-2H3/b7-5+. The van der Waals surface area contributed by atoms with E-state index in [-0.39, 0.29) is 5.82 Å². The molecule has 2 nitrogen and oxygen atoms in total. The van der Waals surface area contributed by atoms with Gasteiger partial charge in [0.2, 0.25) is 0 Å². The van der Waals surface area contributed by atoms with E-state index in [0.29, 0.717) is 11.1 Å². The van der Waals surface area contributed by atoms with Crippen LogP contribution in [0.2, 0.25) is 0 Å². The first-order valence-electron chi connectivity index (χ1n) is 8.02. The lowest BCUT2D eigenvalue weighted by Crippen LogP contribution is -1.94. The van der Waals surface area contributed by atoms with E-state index in [9.17, 15) is 4.39 Å². The molecule has 0 amide bonds. The van der Waals surface area contributed by atoms with E-state index in [1.165, 1.54) is 6.07 Å². The van der Waals surface area contributed by atoms with Crippen molar-refractivity contribution in [2.24, 2.45) is 0 Å². The van der Waals surface area contributed by atoms with Crippen molar-refractivity contribution in [2.45, 2.75) is 39.5 Å². The Morgan fingerprint density at radius 3 is 2.57 bits per heavy atom. The molecule has 23 heavy (non-hydrogen) atoms. The van der Waals surface area contributed by atoms with E-state index in [4.69, 9.17) is 0 Å². The summed E-state index contributed by atoms with van der Waals surface area (Å²) in [7, 11) is 0. The average Bonchev–Trinajstić information content (AvgIpc) is 2.58. The molecule has 0 aliphatic carbocycles. The minimum Gasteiger partial charge on any atom is -0.240 e. The first-order chi connectivity index (χ1) is 11.2. The second kappa shape index (κ2) is 8.85. The number of aryl methyl sites for hydroxylation is 1. The molecule has 1 aromatic heterocycles. The molecule has 0 saturated carbocycles. The molecule has 1 heterocycles. The van der Waals surface area contributed by atoms with Crippen LogP contribution in [0, 0.1) is 17.7 Å². The van der Waals surface area contributed by atoms with Crippen molar-refractivity contribution in [3.63, 3.8) is 0 Å². The molecule has 0 fully saturated rings. The fourth-order valence-corrected chi connectivity index (χ4v) is 2.01. The largest absolute Gasteiger partial charge is 0.240 e. The van der Waals surface area contributed by atoms with E-state index in [1.807, 2.05) is 25.1 Å². The fourth-order valence-electron chi connectivity index (χ4n) is 2.01. The van der Waals surface area contributed by atoms with Crippen LogP contribution in [0.15, 0.2) is 36.7 Å². The van der Waals surface area contributed by atoms with E-state index in [1.54, 1.807) is 18.5 Å². The molecule has 2 rings (SSSR count). The van der Waals surface area contributed by atoms with Gasteiger partial charge < -0.3 is 0 Å². The molecule has 0 aliphatic rings. The molecule has 0 bridgehead atoms. The molecule has 0 saturated heterocycles. The highest BCUT2D eigenvalue weighted by molar-refractivity contribution is 5.52. The first kappa shape index (κ1) is 16.9. The Labute approximate surface area is 137 Å². The van der Waals surface area contributed by atoms with Gasteiger partial charge >= 0.3 is 0 Å². The van der Waals surface area contributed by atoms with Crippen molar-refractivity contribution >= 4 is 6.08 Å². The van der Waals surface area contributed by atoms with Crippen molar-refractivity contribution in [3.8, 4) is 11.8 Å². The number of hydrogen-bond acceptors (Lipinski definition) is 2. The van der Waals surface area contributed by atoms with Gasteiger partial charge in [-0.3, -0.25) is 0 Å². The smallest absolute Gasteiger partial charge is 0.139 e. The molecule has 0 aliphatic heterocycles. The summed E-state index contributed by atoms with van der Waals surface area (Å²) in [4.78, 5) is 8.56. The van der Waals surface area contributed by atoms with Gasteiger partial charge in [-0.25, -0.2) is 14.4 Å². The molecular formula is C20H21FN2. The molecule has 0 atom stereocenters. The number of rotatable bonds is 5. The topological polar surface area (TPSA) is 25.8 Å². The summed E-state index contributed by atoms with van der Waals surface area (Å²) in [5.41, 5.74) is 1.92. The van der Waals surface area contributed by atoms with Crippen LogP contribution >= 0.6 is 0 Å². The molecule has 118 valence electrons. The minimum atomic E-state index is -0.309. The van der Waals surface area contributed by atoms with E-state index < -0.39 is 0 Å². The van der Waals surface area contributed by atoms with Gasteiger partial charge in [-0.1, -0.05) is 50.3 Å². The van der Waals surface area contributed by atoms with E-state index in [0.717, 1.165) is 37.1 Å². The molecule has 2 aromatic rings. The monoisotopic (exact) mass is 308 g/mol. The highest BCUT2D eigenvalue weighted by atomic mass is 19.1. The number of halogens is 1. The predicted octanol–water partition coefficient (Wildman–Crippen LogP) is 4.78. The van der Waals surface area contributed by atoms with Gasteiger partial charge in [-0.2, -0.15) is 0 Å². The maximum atomic E-state index is 14.0. The van der Waals surface area contributed by atoms with Crippen molar-refractivity contribution in [3.05, 3.63) is 65.0 Å². The Hall–Kier alpha value is -2.47. The second-order valence-corrected chi connectivity index (χ2v) is 5.29. The van der Waals surface area contributed by atoms with Crippen LogP contribution in [0.5, 0.6) is 0 Å². The van der Waals surface area contributed by atoms with Crippen molar-refractivity contribution < 1.29 is 4.39 Å². The van der Waals surface area contributed by atoms with Crippen LogP contribution in [0.4, 0.5) is 4.39 Å². The summed E-state index contributed by atoms with van der Waals surface area (Å²) in [5, 5.41) is 0. The quantitative estimate of drug-likeness (QED) is 0.743. The molecular weight excluding hydrogens is 287 g/mol. The number of aromatic nitrogens is 2. The zero-order chi connectivity index (χ0) is 16.5. The lowest BCUT2D eigenvalue weighted by atomic mass is 10.1. The van der Waals surface area contributed by atoms with Gasteiger partial charge in [0.25, 0.3) is 0 Å². The minimum absolute atomic E-state index is 0.309. The highest BCUT2D eigenvalue weighted by Crippen LogP contribution is 2.11. The lowest BCUT2D eigenvalue weighted by Gasteiger charge is -1.98. The van der Waals surface area contributed by atoms with Crippen LogP contribution in [-0.2, 0) is 6.42 Å². The van der Waals surface area contributed by atoms with Crippen LogP contribution in [0.1, 0.15) is 55.6 Å². The maximum Gasteiger partial charge on any atom is 0.139 e. The van der Waals surface area contributed by atoms with Crippen LogP contribution in [0.25, 0.3) is 6.08 Å². The third kappa shape index (κ3) is 5.34. The maximum absolute atomic E-state index is 14.0. The summed E-state index contributed by atoms with van der Waals surface area (Å²) in [6, 6.07) is 5.07. The summed E-state index contributed by atoms with van der Waals surface area (Å²) >= 11 is 0. The van der Waals surface area contributed by atoms with Gasteiger partial charge in [-0.05, 0) is 30.5 Å². The molecule has 1 aromatic carbocycles.